The molecule has 0 spiro atoms. The molecule has 1 atom stereocenters. The van der Waals surface area contributed by atoms with E-state index in [0.717, 1.165) is 29.9 Å². The number of aryl methyl sites for hydroxylation is 1. The van der Waals surface area contributed by atoms with Gasteiger partial charge >= 0.3 is 5.97 Å². The molecule has 1 aliphatic carbocycles. The second-order valence-electron chi connectivity index (χ2n) is 6.34. The Hall–Kier alpha value is -2.47. The van der Waals surface area contributed by atoms with E-state index in [2.05, 4.69) is 17.4 Å². The zero-order valence-corrected chi connectivity index (χ0v) is 16.1. The Balaban J connectivity index is 1.42. The fourth-order valence-electron chi connectivity index (χ4n) is 3.14. The monoisotopic (exact) mass is 385 g/mol. The maximum Gasteiger partial charge on any atom is 0.316 e. The number of carbonyl (C=O) groups is 2. The molecule has 0 radical (unpaired) electrons. The molecule has 2 aromatic carbocycles. The number of methoxy groups -OCH3 is 1. The van der Waals surface area contributed by atoms with Gasteiger partial charge in [-0.05, 0) is 54.7 Å². The van der Waals surface area contributed by atoms with Gasteiger partial charge in [0.2, 0.25) is 0 Å². The fraction of sp³-hybridized carbons (Fsp3) is 0.333. The van der Waals surface area contributed by atoms with E-state index in [-0.39, 0.29) is 24.3 Å². The first-order valence-electron chi connectivity index (χ1n) is 8.95. The summed E-state index contributed by atoms with van der Waals surface area (Å²) >= 11 is 1.36. The van der Waals surface area contributed by atoms with Crippen LogP contribution in [0.4, 0.5) is 0 Å². The van der Waals surface area contributed by atoms with Crippen molar-refractivity contribution in [2.24, 2.45) is 0 Å². The number of rotatable bonds is 7. The lowest BCUT2D eigenvalue weighted by atomic mass is 9.88. The van der Waals surface area contributed by atoms with Crippen LogP contribution in [0.1, 0.15) is 30.0 Å². The summed E-state index contributed by atoms with van der Waals surface area (Å²) in [7, 11) is 1.61. The Morgan fingerprint density at radius 2 is 1.93 bits per heavy atom. The van der Waals surface area contributed by atoms with E-state index < -0.39 is 5.97 Å². The van der Waals surface area contributed by atoms with Gasteiger partial charge in [-0.1, -0.05) is 24.3 Å². The smallest absolute Gasteiger partial charge is 0.316 e. The molecule has 0 fully saturated rings. The predicted molar refractivity (Wildman–Crippen MR) is 105 cm³/mol. The zero-order chi connectivity index (χ0) is 19.1. The van der Waals surface area contributed by atoms with Crippen molar-refractivity contribution in [1.82, 2.24) is 5.32 Å². The van der Waals surface area contributed by atoms with Crippen molar-refractivity contribution in [3.05, 3.63) is 59.7 Å². The Morgan fingerprint density at radius 1 is 1.15 bits per heavy atom. The number of hydrogen-bond acceptors (Lipinski definition) is 5. The molecular weight excluding hydrogens is 362 g/mol. The Bertz CT molecular complexity index is 791. The van der Waals surface area contributed by atoms with E-state index in [9.17, 15) is 9.59 Å². The minimum atomic E-state index is -0.407. The summed E-state index contributed by atoms with van der Waals surface area (Å²) in [6.07, 6.45) is 2.99. The van der Waals surface area contributed by atoms with Crippen molar-refractivity contribution in [2.45, 2.75) is 30.2 Å². The molecule has 1 aliphatic rings. The van der Waals surface area contributed by atoms with Gasteiger partial charge in [-0.25, -0.2) is 0 Å². The van der Waals surface area contributed by atoms with Crippen molar-refractivity contribution < 1.29 is 19.1 Å². The molecule has 1 amide bonds. The number of hydrogen-bond donors (Lipinski definition) is 1. The molecule has 0 aromatic heterocycles. The highest BCUT2D eigenvalue weighted by molar-refractivity contribution is 8.00. The molecule has 142 valence electrons. The van der Waals surface area contributed by atoms with Gasteiger partial charge in [-0.3, -0.25) is 9.59 Å². The Kier molecular flexibility index (Phi) is 6.76. The molecule has 5 nitrogen and oxygen atoms in total. The van der Waals surface area contributed by atoms with Gasteiger partial charge in [0, 0.05) is 4.90 Å². The van der Waals surface area contributed by atoms with Gasteiger partial charge in [-0.15, -0.1) is 11.8 Å². The van der Waals surface area contributed by atoms with E-state index in [0.29, 0.717) is 0 Å². The highest BCUT2D eigenvalue weighted by Crippen LogP contribution is 2.29. The summed E-state index contributed by atoms with van der Waals surface area (Å²) < 4.78 is 10.2. The van der Waals surface area contributed by atoms with Crippen LogP contribution >= 0.6 is 11.8 Å². The lowest BCUT2D eigenvalue weighted by Gasteiger charge is -2.26. The molecule has 0 aliphatic heterocycles. The van der Waals surface area contributed by atoms with E-state index in [1.807, 2.05) is 36.4 Å². The molecule has 3 rings (SSSR count). The standard InChI is InChI=1S/C21H23NO4S/c1-25-16-9-11-17(12-10-16)27-14-21(24)26-13-20(23)22-19-8-4-6-15-5-2-3-7-18(15)19/h2-3,5,7,9-12,19H,4,6,8,13-14H2,1H3,(H,22,23)/t19-/m0/s1. The highest BCUT2D eigenvalue weighted by atomic mass is 32.2. The van der Waals surface area contributed by atoms with Crippen LogP contribution in [0.3, 0.4) is 0 Å². The number of fused-ring (bicyclic) bond motifs is 1. The van der Waals surface area contributed by atoms with Crippen LogP contribution in [0.5, 0.6) is 5.75 Å². The number of amides is 1. The van der Waals surface area contributed by atoms with Crippen LogP contribution < -0.4 is 10.1 Å². The third-order valence-electron chi connectivity index (χ3n) is 4.49. The second-order valence-corrected chi connectivity index (χ2v) is 7.38. The molecule has 1 N–H and O–H groups in total. The lowest BCUT2D eigenvalue weighted by Crippen LogP contribution is -2.34. The van der Waals surface area contributed by atoms with Crippen LogP contribution in [-0.4, -0.2) is 31.3 Å². The molecule has 0 saturated heterocycles. The molecule has 2 aromatic rings. The maximum absolute atomic E-state index is 12.2. The van der Waals surface area contributed by atoms with Gasteiger partial charge in [-0.2, -0.15) is 0 Å². The van der Waals surface area contributed by atoms with E-state index in [4.69, 9.17) is 9.47 Å². The van der Waals surface area contributed by atoms with Crippen molar-refractivity contribution in [1.29, 1.82) is 0 Å². The average Bonchev–Trinajstić information content (AvgIpc) is 2.71. The van der Waals surface area contributed by atoms with E-state index >= 15 is 0 Å². The van der Waals surface area contributed by atoms with Crippen LogP contribution in [0.25, 0.3) is 0 Å². The average molecular weight is 385 g/mol. The number of benzene rings is 2. The quantitative estimate of drug-likeness (QED) is 0.584. The van der Waals surface area contributed by atoms with Crippen molar-refractivity contribution in [2.75, 3.05) is 19.5 Å². The SMILES string of the molecule is COc1ccc(SCC(=O)OCC(=O)N[C@H]2CCCc3ccccc32)cc1. The third-order valence-corrected chi connectivity index (χ3v) is 5.47. The summed E-state index contributed by atoms with van der Waals surface area (Å²) in [5.74, 6) is 0.253. The minimum Gasteiger partial charge on any atom is -0.497 e. The zero-order valence-electron chi connectivity index (χ0n) is 15.3. The summed E-state index contributed by atoms with van der Waals surface area (Å²) in [5, 5.41) is 2.98. The fourth-order valence-corrected chi connectivity index (χ4v) is 3.84. The first-order chi connectivity index (χ1) is 13.2. The molecule has 0 saturated carbocycles. The number of carbonyl (C=O) groups excluding carboxylic acids is 2. The first kappa shape index (κ1) is 19.3. The Morgan fingerprint density at radius 3 is 2.70 bits per heavy atom. The van der Waals surface area contributed by atoms with Gasteiger partial charge in [0.15, 0.2) is 6.61 Å². The molecule has 6 heteroatoms. The number of esters is 1. The topological polar surface area (TPSA) is 64.6 Å². The summed E-state index contributed by atoms with van der Waals surface area (Å²) in [6, 6.07) is 15.6. The van der Waals surface area contributed by atoms with Crippen LogP contribution in [0, 0.1) is 0 Å². The van der Waals surface area contributed by atoms with Crippen molar-refractivity contribution >= 4 is 23.6 Å². The van der Waals surface area contributed by atoms with Gasteiger partial charge in [0.25, 0.3) is 5.91 Å². The van der Waals surface area contributed by atoms with Gasteiger partial charge in [0.05, 0.1) is 18.9 Å². The summed E-state index contributed by atoms with van der Waals surface area (Å²) in [4.78, 5) is 25.0. The van der Waals surface area contributed by atoms with Crippen LogP contribution in [0.15, 0.2) is 53.4 Å². The summed E-state index contributed by atoms with van der Waals surface area (Å²) in [6.45, 7) is -0.249. The van der Waals surface area contributed by atoms with Crippen LogP contribution in [-0.2, 0) is 20.7 Å². The summed E-state index contributed by atoms with van der Waals surface area (Å²) in [5.41, 5.74) is 2.44. The normalized spacial score (nSPS) is 15.5. The van der Waals surface area contributed by atoms with Crippen molar-refractivity contribution in [3.8, 4) is 5.75 Å². The molecular formula is C21H23NO4S. The van der Waals surface area contributed by atoms with Gasteiger partial charge < -0.3 is 14.8 Å². The lowest BCUT2D eigenvalue weighted by molar-refractivity contribution is -0.146. The molecule has 0 bridgehead atoms. The van der Waals surface area contributed by atoms with Crippen LogP contribution in [0.2, 0.25) is 0 Å². The minimum absolute atomic E-state index is 0.00479. The van der Waals surface area contributed by atoms with Gasteiger partial charge in [0.1, 0.15) is 5.75 Å². The predicted octanol–water partition coefficient (Wildman–Crippen LogP) is 3.52. The Labute approximate surface area is 163 Å². The van der Waals surface area contributed by atoms with Crippen molar-refractivity contribution in [3.63, 3.8) is 0 Å². The number of nitrogens with one attached hydrogen (secondary N) is 1. The third kappa shape index (κ3) is 5.50. The second kappa shape index (κ2) is 9.46. The molecule has 27 heavy (non-hydrogen) atoms. The van der Waals surface area contributed by atoms with E-state index in [1.54, 1.807) is 7.11 Å². The number of thioether (sulfide) groups is 1. The highest BCUT2D eigenvalue weighted by Gasteiger charge is 2.21. The molecule has 0 unspecified atom stereocenters. The van der Waals surface area contributed by atoms with E-state index in [1.165, 1.54) is 22.9 Å². The number of ether oxygens (including phenoxy) is 2. The maximum atomic E-state index is 12.2. The largest absolute Gasteiger partial charge is 0.497 e. The molecule has 0 heterocycles. The first-order valence-corrected chi connectivity index (χ1v) is 9.94.